The first-order valence-electron chi connectivity index (χ1n) is 11.2. The summed E-state index contributed by atoms with van der Waals surface area (Å²) >= 11 is 0. The summed E-state index contributed by atoms with van der Waals surface area (Å²) in [5.74, 6) is 1.01. The lowest BCUT2D eigenvalue weighted by Crippen LogP contribution is -2.32. The molecule has 1 amide bonds. The van der Waals surface area contributed by atoms with Crippen LogP contribution in [0.25, 0.3) is 5.65 Å². The highest BCUT2D eigenvalue weighted by Crippen LogP contribution is 2.24. The molecule has 2 heterocycles. The molecule has 0 spiro atoms. The topological polar surface area (TPSA) is 81.9 Å². The van der Waals surface area contributed by atoms with Crippen molar-refractivity contribution in [2.75, 3.05) is 5.32 Å². The molecule has 2 aromatic heterocycles. The van der Waals surface area contributed by atoms with E-state index in [0.29, 0.717) is 34.9 Å². The van der Waals surface area contributed by atoms with E-state index < -0.39 is 6.10 Å². The number of hydrogen-bond donors (Lipinski definition) is 1. The largest absolute Gasteiger partial charge is 0.487 e. The lowest BCUT2D eigenvalue weighted by molar-refractivity contribution is -0.122. The fraction of sp³-hybridized carbons (Fsp3) is 0.222. The molecule has 34 heavy (non-hydrogen) atoms. The Morgan fingerprint density at radius 2 is 1.82 bits per heavy atom. The van der Waals surface area contributed by atoms with Crippen LogP contribution in [-0.2, 0) is 11.4 Å². The van der Waals surface area contributed by atoms with Crippen LogP contribution in [-0.4, -0.2) is 21.4 Å². The third-order valence-electron chi connectivity index (χ3n) is 5.46. The Hall–Kier alpha value is -4.13. The molecule has 0 aliphatic carbocycles. The zero-order chi connectivity index (χ0) is 24.1. The quantitative estimate of drug-likeness (QED) is 0.415. The van der Waals surface area contributed by atoms with Crippen molar-refractivity contribution in [1.29, 1.82) is 0 Å². The SMILES string of the molecule is CC[C@@H](Oc1ccccc1)C(=O)Nc1ccc(C)c(OCc2cc(=O)n3cccc(C)c3n2)c1. The first kappa shape index (κ1) is 23.0. The van der Waals surface area contributed by atoms with Gasteiger partial charge >= 0.3 is 0 Å². The van der Waals surface area contributed by atoms with Crippen LogP contribution in [0.4, 0.5) is 5.69 Å². The molecule has 0 radical (unpaired) electrons. The van der Waals surface area contributed by atoms with E-state index in [1.54, 1.807) is 12.3 Å². The number of nitrogens with one attached hydrogen (secondary N) is 1. The van der Waals surface area contributed by atoms with Crippen molar-refractivity contribution >= 4 is 17.2 Å². The van der Waals surface area contributed by atoms with E-state index in [0.717, 1.165) is 11.1 Å². The van der Waals surface area contributed by atoms with E-state index >= 15 is 0 Å². The van der Waals surface area contributed by atoms with Gasteiger partial charge in [-0.05, 0) is 55.7 Å². The van der Waals surface area contributed by atoms with Gasteiger partial charge in [-0.3, -0.25) is 14.0 Å². The number of nitrogens with zero attached hydrogens (tertiary/aromatic N) is 2. The molecule has 1 N–H and O–H groups in total. The molecule has 0 saturated heterocycles. The second kappa shape index (κ2) is 10.2. The Morgan fingerprint density at radius 1 is 1.03 bits per heavy atom. The number of fused-ring (bicyclic) bond motifs is 1. The van der Waals surface area contributed by atoms with E-state index in [4.69, 9.17) is 9.47 Å². The lowest BCUT2D eigenvalue weighted by atomic mass is 10.2. The van der Waals surface area contributed by atoms with Crippen molar-refractivity contribution in [3.8, 4) is 11.5 Å². The predicted molar refractivity (Wildman–Crippen MR) is 131 cm³/mol. The Kier molecular flexibility index (Phi) is 6.92. The summed E-state index contributed by atoms with van der Waals surface area (Å²) < 4.78 is 13.3. The average Bonchev–Trinajstić information content (AvgIpc) is 2.84. The molecule has 0 aliphatic rings. The van der Waals surface area contributed by atoms with Crippen LogP contribution in [0.1, 0.15) is 30.2 Å². The highest BCUT2D eigenvalue weighted by molar-refractivity contribution is 5.94. The van der Waals surface area contributed by atoms with E-state index in [1.165, 1.54) is 10.5 Å². The fourth-order valence-electron chi connectivity index (χ4n) is 3.58. The van der Waals surface area contributed by atoms with Crippen molar-refractivity contribution in [2.24, 2.45) is 0 Å². The number of benzene rings is 2. The van der Waals surface area contributed by atoms with Gasteiger partial charge < -0.3 is 14.8 Å². The summed E-state index contributed by atoms with van der Waals surface area (Å²) in [7, 11) is 0. The van der Waals surface area contributed by atoms with Gasteiger partial charge in [0.05, 0.1) is 5.69 Å². The van der Waals surface area contributed by atoms with Gasteiger partial charge in [-0.15, -0.1) is 0 Å². The predicted octanol–water partition coefficient (Wildman–Crippen LogP) is 4.69. The number of amides is 1. The van der Waals surface area contributed by atoms with Gasteiger partial charge in [0.1, 0.15) is 23.8 Å². The van der Waals surface area contributed by atoms with E-state index in [9.17, 15) is 9.59 Å². The number of para-hydroxylation sites is 1. The molecule has 7 nitrogen and oxygen atoms in total. The maximum Gasteiger partial charge on any atom is 0.265 e. The number of rotatable bonds is 8. The molecular formula is C27H27N3O4. The first-order valence-corrected chi connectivity index (χ1v) is 11.2. The highest BCUT2D eigenvalue weighted by Gasteiger charge is 2.19. The number of carbonyl (C=O) groups is 1. The van der Waals surface area contributed by atoms with Crippen LogP contribution in [0, 0.1) is 13.8 Å². The van der Waals surface area contributed by atoms with Crippen molar-refractivity contribution in [2.45, 2.75) is 39.9 Å². The Bertz CT molecular complexity index is 1370. The zero-order valence-electron chi connectivity index (χ0n) is 19.4. The van der Waals surface area contributed by atoms with E-state index in [2.05, 4.69) is 10.3 Å². The molecule has 1 atom stereocenters. The van der Waals surface area contributed by atoms with E-state index in [-0.39, 0.29) is 18.1 Å². The summed E-state index contributed by atoms with van der Waals surface area (Å²) in [6.07, 6.45) is 1.61. The third kappa shape index (κ3) is 5.26. The van der Waals surface area contributed by atoms with Crippen molar-refractivity contribution in [1.82, 2.24) is 9.38 Å². The zero-order valence-corrected chi connectivity index (χ0v) is 19.4. The summed E-state index contributed by atoms with van der Waals surface area (Å²) in [6.45, 7) is 5.86. The first-order chi connectivity index (χ1) is 16.4. The third-order valence-corrected chi connectivity index (χ3v) is 5.46. The van der Waals surface area contributed by atoms with Gasteiger partial charge in [0.2, 0.25) is 0 Å². The summed E-state index contributed by atoms with van der Waals surface area (Å²) in [5.41, 5.74) is 3.40. The molecule has 7 heteroatoms. The Morgan fingerprint density at radius 3 is 2.59 bits per heavy atom. The summed E-state index contributed by atoms with van der Waals surface area (Å²) in [6, 6.07) is 19.9. The number of ether oxygens (including phenoxy) is 2. The van der Waals surface area contributed by atoms with Crippen molar-refractivity contribution < 1.29 is 14.3 Å². The Balaban J connectivity index is 1.47. The molecule has 0 unspecified atom stereocenters. The van der Waals surface area contributed by atoms with Crippen LogP contribution in [0.3, 0.4) is 0 Å². The number of anilines is 1. The van der Waals surface area contributed by atoms with Gasteiger partial charge in [-0.2, -0.15) is 0 Å². The monoisotopic (exact) mass is 457 g/mol. The fourth-order valence-corrected chi connectivity index (χ4v) is 3.58. The molecule has 174 valence electrons. The maximum atomic E-state index is 12.8. The van der Waals surface area contributed by atoms with Gasteiger partial charge in [-0.1, -0.05) is 37.3 Å². The van der Waals surface area contributed by atoms with Crippen molar-refractivity contribution in [3.63, 3.8) is 0 Å². The molecule has 0 aliphatic heterocycles. The Labute approximate surface area is 198 Å². The lowest BCUT2D eigenvalue weighted by Gasteiger charge is -2.18. The number of aromatic nitrogens is 2. The standard InChI is InChI=1S/C27H27N3O4/c1-4-23(34-22-10-6-5-7-11-22)27(32)29-20-13-12-18(2)24(15-20)33-17-21-16-25(31)30-14-8-9-19(3)26(30)28-21/h5-16,23H,4,17H2,1-3H3,(H,29,32)/t23-/m1/s1. The molecule has 0 bridgehead atoms. The molecule has 0 saturated carbocycles. The molecule has 0 fully saturated rings. The minimum absolute atomic E-state index is 0.132. The van der Waals surface area contributed by atoms with Crippen LogP contribution in [0.15, 0.2) is 77.7 Å². The number of aryl methyl sites for hydroxylation is 2. The van der Waals surface area contributed by atoms with Crippen molar-refractivity contribution in [3.05, 3.63) is 100 Å². The average molecular weight is 458 g/mol. The minimum Gasteiger partial charge on any atom is -0.487 e. The van der Waals surface area contributed by atoms with Crippen LogP contribution in [0.2, 0.25) is 0 Å². The minimum atomic E-state index is -0.619. The van der Waals surface area contributed by atoms with Crippen LogP contribution >= 0.6 is 0 Å². The summed E-state index contributed by atoms with van der Waals surface area (Å²) in [4.78, 5) is 29.8. The molecule has 4 rings (SSSR count). The number of hydrogen-bond acceptors (Lipinski definition) is 5. The van der Waals surface area contributed by atoms with Crippen LogP contribution < -0.4 is 20.3 Å². The second-order valence-corrected chi connectivity index (χ2v) is 8.06. The highest BCUT2D eigenvalue weighted by atomic mass is 16.5. The molecular weight excluding hydrogens is 430 g/mol. The molecule has 4 aromatic rings. The number of pyridine rings is 1. The normalized spacial score (nSPS) is 11.7. The summed E-state index contributed by atoms with van der Waals surface area (Å²) in [5, 5.41) is 2.91. The van der Waals surface area contributed by atoms with Gasteiger partial charge in [0, 0.05) is 24.0 Å². The van der Waals surface area contributed by atoms with E-state index in [1.807, 2.05) is 75.4 Å². The van der Waals surface area contributed by atoms with Gasteiger partial charge in [-0.25, -0.2) is 4.98 Å². The maximum absolute atomic E-state index is 12.8. The smallest absolute Gasteiger partial charge is 0.265 e. The van der Waals surface area contributed by atoms with Crippen LogP contribution in [0.5, 0.6) is 11.5 Å². The second-order valence-electron chi connectivity index (χ2n) is 8.06. The van der Waals surface area contributed by atoms with Gasteiger partial charge in [0.25, 0.3) is 11.5 Å². The molecule has 2 aromatic carbocycles. The number of carbonyl (C=O) groups excluding carboxylic acids is 1. The van der Waals surface area contributed by atoms with Gasteiger partial charge in [0.15, 0.2) is 6.10 Å².